The van der Waals surface area contributed by atoms with Crippen molar-refractivity contribution in [1.82, 2.24) is 4.72 Å². The maximum Gasteiger partial charge on any atom is 1.00 e. The van der Waals surface area contributed by atoms with Crippen LogP contribution in [0.3, 0.4) is 0 Å². The van der Waals surface area contributed by atoms with Crippen LogP contribution in [-0.4, -0.2) is 27.9 Å². The molecule has 0 spiro atoms. The molecule has 36 heavy (non-hydrogen) atoms. The number of ether oxygens (including phenoxy) is 4. The number of hydrogen-bond acceptors (Lipinski definition) is 7. The van der Waals surface area contributed by atoms with E-state index in [4.69, 9.17) is 18.9 Å². The van der Waals surface area contributed by atoms with Gasteiger partial charge in [-0.3, -0.25) is 4.79 Å². The van der Waals surface area contributed by atoms with Crippen molar-refractivity contribution in [1.29, 1.82) is 0 Å². The van der Waals surface area contributed by atoms with E-state index in [2.05, 4.69) is 11.6 Å². The minimum Gasteiger partial charge on any atom is -1.00 e. The first-order chi connectivity index (χ1) is 16.9. The van der Waals surface area contributed by atoms with E-state index in [0.29, 0.717) is 28.6 Å². The van der Waals surface area contributed by atoms with Crippen LogP contribution in [0.25, 0.3) is 0 Å². The second kappa shape index (κ2) is 11.5. The van der Waals surface area contributed by atoms with Crippen molar-refractivity contribution in [2.24, 2.45) is 0 Å². The van der Waals surface area contributed by atoms with Crippen molar-refractivity contribution < 1.29 is 85.0 Å². The summed E-state index contributed by atoms with van der Waals surface area (Å²) in [5, 5.41) is 0. The minimum absolute atomic E-state index is 0. The Bertz CT molecular complexity index is 1370. The van der Waals surface area contributed by atoms with Crippen LogP contribution in [0.1, 0.15) is 37.4 Å². The summed E-state index contributed by atoms with van der Waals surface area (Å²) in [6.07, 6.45) is 2.06. The third kappa shape index (κ3) is 5.90. The fourth-order valence-electron chi connectivity index (χ4n) is 4.18. The van der Waals surface area contributed by atoms with E-state index in [-0.39, 0.29) is 77.7 Å². The number of amides is 1. The van der Waals surface area contributed by atoms with Gasteiger partial charge in [-0.15, -0.1) is 0 Å². The number of nitrogens with one attached hydrogen (secondary N) is 1. The number of aryl methyl sites for hydroxylation is 1. The van der Waals surface area contributed by atoms with Crippen molar-refractivity contribution in [2.45, 2.75) is 37.0 Å². The SMILES string of the molecule is CCCc1ccc(S(=O)(=O)NC(=O)C(Cc2ccc3c(c2)OCO3)c2ccc3c(c2)OCO3)cc1.[H-].[K+]. The standard InChI is InChI=1S/C26H25NO7S.K.H/c1-2-3-17-4-8-20(9-5-17)35(29,30)27-26(28)21(19-7-11-23-25(14-19)34-16-32-23)12-18-6-10-22-24(13-18)33-15-31-22;;/h4-11,13-14,21H,2-3,12,15-16H2,1H3,(H,27,28);;/q;+1;-1. The maximum absolute atomic E-state index is 13.4. The zero-order chi connectivity index (χ0) is 24.4. The van der Waals surface area contributed by atoms with Crippen LogP contribution < -0.4 is 75.1 Å². The van der Waals surface area contributed by atoms with Crippen LogP contribution in [0.15, 0.2) is 65.6 Å². The smallest absolute Gasteiger partial charge is 1.00 e. The van der Waals surface area contributed by atoms with Gasteiger partial charge in [0.25, 0.3) is 10.0 Å². The van der Waals surface area contributed by atoms with E-state index in [1.807, 2.05) is 6.07 Å². The zero-order valence-electron chi connectivity index (χ0n) is 21.2. The van der Waals surface area contributed by atoms with Crippen LogP contribution in [0, 0.1) is 0 Å². The molecule has 8 nitrogen and oxygen atoms in total. The third-order valence-electron chi connectivity index (χ3n) is 6.00. The molecule has 1 amide bonds. The number of carbonyl (C=O) groups excluding carboxylic acids is 1. The molecule has 2 heterocycles. The Kier molecular flexibility index (Phi) is 8.64. The van der Waals surface area contributed by atoms with Gasteiger partial charge in [0.1, 0.15) is 0 Å². The van der Waals surface area contributed by atoms with Crippen molar-refractivity contribution in [3.05, 3.63) is 77.4 Å². The molecule has 184 valence electrons. The van der Waals surface area contributed by atoms with Crippen LogP contribution in [0.4, 0.5) is 0 Å². The van der Waals surface area contributed by atoms with Crippen molar-refractivity contribution in [2.75, 3.05) is 13.6 Å². The third-order valence-corrected chi connectivity index (χ3v) is 7.36. The molecule has 5 rings (SSSR count). The number of rotatable bonds is 8. The molecule has 3 aromatic rings. The quantitative estimate of drug-likeness (QED) is 0.431. The molecule has 0 saturated carbocycles. The second-order valence-corrected chi connectivity index (χ2v) is 10.1. The predicted octanol–water partition coefficient (Wildman–Crippen LogP) is 1.04. The predicted molar refractivity (Wildman–Crippen MR) is 128 cm³/mol. The molecule has 1 unspecified atom stereocenters. The summed E-state index contributed by atoms with van der Waals surface area (Å²) in [6.45, 7) is 2.29. The minimum atomic E-state index is -4.06. The molecule has 0 fully saturated rings. The number of sulfonamides is 1. The summed E-state index contributed by atoms with van der Waals surface area (Å²) in [5.74, 6) is 0.869. The van der Waals surface area contributed by atoms with Gasteiger partial charge in [0.15, 0.2) is 23.0 Å². The largest absolute Gasteiger partial charge is 1.00 e. The van der Waals surface area contributed by atoms with E-state index < -0.39 is 21.8 Å². The molecule has 3 aromatic carbocycles. The molecular formula is C26H26KNO7S. The van der Waals surface area contributed by atoms with Gasteiger partial charge in [-0.2, -0.15) is 0 Å². The summed E-state index contributed by atoms with van der Waals surface area (Å²) < 4.78 is 50.0. The average Bonchev–Trinajstić information content (AvgIpc) is 3.51. The van der Waals surface area contributed by atoms with Gasteiger partial charge in [-0.05, 0) is 65.9 Å². The van der Waals surface area contributed by atoms with E-state index in [1.165, 1.54) is 12.1 Å². The normalized spacial score (nSPS) is 14.1. The van der Waals surface area contributed by atoms with Crippen LogP contribution in [0.2, 0.25) is 0 Å². The molecule has 1 N–H and O–H groups in total. The molecule has 0 radical (unpaired) electrons. The number of benzene rings is 3. The average molecular weight is 536 g/mol. The van der Waals surface area contributed by atoms with Crippen molar-refractivity contribution in [3.63, 3.8) is 0 Å². The first-order valence-corrected chi connectivity index (χ1v) is 12.8. The number of carbonyl (C=O) groups is 1. The van der Waals surface area contributed by atoms with Gasteiger partial charge in [-0.1, -0.05) is 37.6 Å². The topological polar surface area (TPSA) is 100 Å². The Hall–Kier alpha value is -2.08. The van der Waals surface area contributed by atoms with Gasteiger partial charge in [0, 0.05) is 0 Å². The van der Waals surface area contributed by atoms with Gasteiger partial charge in [0.05, 0.1) is 10.8 Å². The number of fused-ring (bicyclic) bond motifs is 2. The first-order valence-electron chi connectivity index (χ1n) is 11.4. The van der Waals surface area contributed by atoms with Crippen LogP contribution in [-0.2, 0) is 27.7 Å². The fraction of sp³-hybridized carbons (Fsp3) is 0.269. The fourth-order valence-corrected chi connectivity index (χ4v) is 5.20. The molecule has 0 saturated heterocycles. The Morgan fingerprint density at radius 3 is 2.11 bits per heavy atom. The summed E-state index contributed by atoms with van der Waals surface area (Å²) in [6, 6.07) is 17.2. The van der Waals surface area contributed by atoms with Crippen molar-refractivity contribution in [3.8, 4) is 23.0 Å². The van der Waals surface area contributed by atoms with E-state index in [9.17, 15) is 13.2 Å². The Morgan fingerprint density at radius 2 is 1.44 bits per heavy atom. The molecular weight excluding hydrogens is 509 g/mol. The Morgan fingerprint density at radius 1 is 0.861 bits per heavy atom. The van der Waals surface area contributed by atoms with Gasteiger partial charge >= 0.3 is 51.4 Å². The summed E-state index contributed by atoms with van der Waals surface area (Å²) in [4.78, 5) is 13.5. The van der Waals surface area contributed by atoms with Crippen molar-refractivity contribution >= 4 is 15.9 Å². The maximum atomic E-state index is 13.4. The molecule has 1 atom stereocenters. The second-order valence-electron chi connectivity index (χ2n) is 8.42. The Labute approximate surface area is 254 Å². The van der Waals surface area contributed by atoms with E-state index in [0.717, 1.165) is 24.0 Å². The summed E-state index contributed by atoms with van der Waals surface area (Å²) in [5.41, 5.74) is 2.45. The Balaban J connectivity index is 0.00000190. The molecule has 0 aromatic heterocycles. The van der Waals surface area contributed by atoms with E-state index >= 15 is 0 Å². The molecule has 0 bridgehead atoms. The van der Waals surface area contributed by atoms with Crippen LogP contribution in [0.5, 0.6) is 23.0 Å². The van der Waals surface area contributed by atoms with Gasteiger partial charge in [0.2, 0.25) is 19.5 Å². The molecule has 2 aliphatic rings. The molecule has 10 heteroatoms. The van der Waals surface area contributed by atoms with Gasteiger partial charge in [-0.25, -0.2) is 13.1 Å². The molecule has 2 aliphatic heterocycles. The van der Waals surface area contributed by atoms with Gasteiger partial charge < -0.3 is 20.4 Å². The van der Waals surface area contributed by atoms with E-state index in [1.54, 1.807) is 42.5 Å². The first kappa shape index (κ1) is 27.0. The summed E-state index contributed by atoms with van der Waals surface area (Å²) >= 11 is 0. The molecule has 0 aliphatic carbocycles. The number of hydrogen-bond donors (Lipinski definition) is 1. The monoisotopic (exact) mass is 535 g/mol. The van der Waals surface area contributed by atoms with Crippen LogP contribution >= 0.6 is 0 Å². The summed E-state index contributed by atoms with van der Waals surface area (Å²) in [7, 11) is -4.06. The zero-order valence-corrected chi connectivity index (χ0v) is 24.1.